The van der Waals surface area contributed by atoms with Crippen LogP contribution < -0.4 is 14.8 Å². The number of hydrogen-bond acceptors (Lipinski definition) is 4. The third kappa shape index (κ3) is 7.97. The van der Waals surface area contributed by atoms with E-state index in [1.807, 2.05) is 57.2 Å². The maximum atomic E-state index is 13.3. The Hall–Kier alpha value is -2.73. The van der Waals surface area contributed by atoms with E-state index in [0.717, 1.165) is 17.5 Å². The Morgan fingerprint density at radius 1 is 1.03 bits per heavy atom. The predicted octanol–water partition coefficient (Wildman–Crippen LogP) is 5.01. The molecule has 0 heterocycles. The van der Waals surface area contributed by atoms with E-state index >= 15 is 0 Å². The van der Waals surface area contributed by atoms with Gasteiger partial charge in [0.1, 0.15) is 6.04 Å². The van der Waals surface area contributed by atoms with Crippen LogP contribution in [0.2, 0.25) is 5.02 Å². The summed E-state index contributed by atoms with van der Waals surface area (Å²) in [5.41, 5.74) is 1.78. The molecule has 0 spiro atoms. The van der Waals surface area contributed by atoms with Crippen LogP contribution in [0.1, 0.15) is 51.7 Å². The van der Waals surface area contributed by atoms with Crippen LogP contribution in [-0.4, -0.2) is 42.5 Å². The van der Waals surface area contributed by atoms with E-state index in [-0.39, 0.29) is 24.8 Å². The molecule has 0 saturated carbocycles. The fourth-order valence-corrected chi connectivity index (χ4v) is 3.63. The zero-order chi connectivity index (χ0) is 24.2. The van der Waals surface area contributed by atoms with Gasteiger partial charge in [-0.15, -0.1) is 0 Å². The van der Waals surface area contributed by atoms with Crippen LogP contribution in [0, 0.1) is 0 Å². The van der Waals surface area contributed by atoms with Crippen molar-refractivity contribution < 1.29 is 19.1 Å². The summed E-state index contributed by atoms with van der Waals surface area (Å²) in [6, 6.07) is 12.5. The van der Waals surface area contributed by atoms with E-state index in [1.165, 1.54) is 0 Å². The third-order valence-electron chi connectivity index (χ3n) is 5.25. The fraction of sp³-hybridized carbons (Fsp3) is 0.462. The summed E-state index contributed by atoms with van der Waals surface area (Å²) in [7, 11) is 0. The van der Waals surface area contributed by atoms with Crippen LogP contribution >= 0.6 is 11.6 Å². The minimum atomic E-state index is -0.611. The first-order valence-electron chi connectivity index (χ1n) is 11.6. The molecule has 1 N–H and O–H groups in total. The Morgan fingerprint density at radius 2 is 1.73 bits per heavy atom. The highest BCUT2D eigenvalue weighted by Gasteiger charge is 2.26. The van der Waals surface area contributed by atoms with Gasteiger partial charge in [0.15, 0.2) is 11.5 Å². The van der Waals surface area contributed by atoms with Gasteiger partial charge < -0.3 is 19.7 Å². The molecule has 2 rings (SSSR count). The highest BCUT2D eigenvalue weighted by Crippen LogP contribution is 2.29. The Balaban J connectivity index is 2.17. The monoisotopic (exact) mass is 474 g/mol. The van der Waals surface area contributed by atoms with E-state index in [2.05, 4.69) is 5.32 Å². The van der Waals surface area contributed by atoms with Crippen LogP contribution in [0.15, 0.2) is 42.5 Å². The molecule has 0 saturated heterocycles. The molecule has 0 aliphatic heterocycles. The van der Waals surface area contributed by atoms with Crippen LogP contribution in [0.3, 0.4) is 0 Å². The molecule has 6 nitrogen and oxygen atoms in total. The van der Waals surface area contributed by atoms with Crippen molar-refractivity contribution >= 4 is 23.4 Å². The number of rotatable bonds is 13. The molecule has 2 amide bonds. The zero-order valence-electron chi connectivity index (χ0n) is 20.0. The number of ether oxygens (including phenoxy) is 2. The minimum absolute atomic E-state index is 0.110. The minimum Gasteiger partial charge on any atom is -0.490 e. The van der Waals surface area contributed by atoms with E-state index in [4.69, 9.17) is 21.1 Å². The molecule has 2 aromatic rings. The number of aryl methyl sites for hydroxylation is 1. The molecule has 0 radical (unpaired) electrons. The van der Waals surface area contributed by atoms with E-state index < -0.39 is 6.04 Å². The van der Waals surface area contributed by atoms with Gasteiger partial charge in [-0.25, -0.2) is 0 Å². The van der Waals surface area contributed by atoms with Gasteiger partial charge in [-0.05, 0) is 62.9 Å². The van der Waals surface area contributed by atoms with Gasteiger partial charge >= 0.3 is 0 Å². The molecular formula is C26H35ClN2O4. The SMILES string of the molecule is CCCNC(=O)C(C)N(Cc1ccccc1Cl)C(=O)CCc1ccc(OCC)c(OCC)c1. The van der Waals surface area contributed by atoms with Crippen molar-refractivity contribution in [2.24, 2.45) is 0 Å². The fourth-order valence-electron chi connectivity index (χ4n) is 3.43. The number of hydrogen-bond donors (Lipinski definition) is 1. The maximum Gasteiger partial charge on any atom is 0.242 e. The lowest BCUT2D eigenvalue weighted by molar-refractivity contribution is -0.140. The number of nitrogens with one attached hydrogen (secondary N) is 1. The van der Waals surface area contributed by atoms with Gasteiger partial charge in [0.2, 0.25) is 11.8 Å². The second-order valence-electron chi connectivity index (χ2n) is 7.73. The molecule has 7 heteroatoms. The average Bonchev–Trinajstić information content (AvgIpc) is 2.81. The van der Waals surface area contributed by atoms with Crippen LogP contribution in [0.4, 0.5) is 0 Å². The Bertz CT molecular complexity index is 919. The summed E-state index contributed by atoms with van der Waals surface area (Å²) in [6.45, 7) is 9.51. The van der Waals surface area contributed by atoms with E-state index in [9.17, 15) is 9.59 Å². The van der Waals surface area contributed by atoms with Gasteiger partial charge in [0.05, 0.1) is 13.2 Å². The topological polar surface area (TPSA) is 67.9 Å². The predicted molar refractivity (Wildman–Crippen MR) is 132 cm³/mol. The molecule has 0 fully saturated rings. The lowest BCUT2D eigenvalue weighted by Crippen LogP contribution is -2.47. The van der Waals surface area contributed by atoms with E-state index in [0.29, 0.717) is 42.7 Å². The Kier molecular flexibility index (Phi) is 11.0. The molecule has 180 valence electrons. The number of carbonyl (C=O) groups excluding carboxylic acids is 2. The van der Waals surface area contributed by atoms with Gasteiger partial charge in [-0.2, -0.15) is 0 Å². The maximum absolute atomic E-state index is 13.3. The van der Waals surface area contributed by atoms with Crippen molar-refractivity contribution in [3.63, 3.8) is 0 Å². The average molecular weight is 475 g/mol. The lowest BCUT2D eigenvalue weighted by Gasteiger charge is -2.29. The third-order valence-corrected chi connectivity index (χ3v) is 5.62. The molecule has 1 atom stereocenters. The van der Waals surface area contributed by atoms with Crippen molar-refractivity contribution in [2.45, 2.75) is 59.5 Å². The lowest BCUT2D eigenvalue weighted by atomic mass is 10.1. The van der Waals surface area contributed by atoms with Gasteiger partial charge in [0, 0.05) is 24.5 Å². The smallest absolute Gasteiger partial charge is 0.242 e. The quantitative estimate of drug-likeness (QED) is 0.443. The summed E-state index contributed by atoms with van der Waals surface area (Å²) in [6.07, 6.45) is 1.61. The molecule has 0 aliphatic carbocycles. The molecule has 2 aromatic carbocycles. The molecule has 33 heavy (non-hydrogen) atoms. The zero-order valence-corrected chi connectivity index (χ0v) is 20.8. The van der Waals surface area contributed by atoms with Gasteiger partial charge in [-0.3, -0.25) is 9.59 Å². The summed E-state index contributed by atoms with van der Waals surface area (Å²) in [5.74, 6) is 1.08. The molecule has 1 unspecified atom stereocenters. The van der Waals surface area contributed by atoms with Crippen molar-refractivity contribution in [1.29, 1.82) is 0 Å². The highest BCUT2D eigenvalue weighted by molar-refractivity contribution is 6.31. The Morgan fingerprint density at radius 3 is 2.39 bits per heavy atom. The van der Waals surface area contributed by atoms with Gasteiger partial charge in [0.25, 0.3) is 0 Å². The first kappa shape index (κ1) is 26.5. The standard InChI is InChI=1S/C26H35ClN2O4/c1-5-16-28-26(31)19(4)29(18-21-10-8-9-11-22(21)27)25(30)15-13-20-12-14-23(32-6-2)24(17-20)33-7-3/h8-12,14,17,19H,5-7,13,15-16,18H2,1-4H3,(H,28,31). The van der Waals surface area contributed by atoms with Crippen molar-refractivity contribution in [3.05, 3.63) is 58.6 Å². The first-order chi connectivity index (χ1) is 15.9. The van der Waals surface area contributed by atoms with Crippen LogP contribution in [-0.2, 0) is 22.6 Å². The summed E-state index contributed by atoms with van der Waals surface area (Å²) in [4.78, 5) is 27.5. The summed E-state index contributed by atoms with van der Waals surface area (Å²) < 4.78 is 11.3. The van der Waals surface area contributed by atoms with Gasteiger partial charge in [-0.1, -0.05) is 42.8 Å². The molecular weight excluding hydrogens is 440 g/mol. The highest BCUT2D eigenvalue weighted by atomic mass is 35.5. The van der Waals surface area contributed by atoms with Crippen LogP contribution in [0.25, 0.3) is 0 Å². The van der Waals surface area contributed by atoms with Crippen LogP contribution in [0.5, 0.6) is 11.5 Å². The number of carbonyl (C=O) groups is 2. The van der Waals surface area contributed by atoms with E-state index in [1.54, 1.807) is 17.9 Å². The molecule has 0 aliphatic rings. The van der Waals surface area contributed by atoms with Crippen molar-refractivity contribution in [3.8, 4) is 11.5 Å². The number of benzene rings is 2. The Labute approximate surface area is 202 Å². The summed E-state index contributed by atoms with van der Waals surface area (Å²) in [5, 5.41) is 3.46. The molecule has 0 aromatic heterocycles. The largest absolute Gasteiger partial charge is 0.490 e. The normalized spacial score (nSPS) is 11.5. The first-order valence-corrected chi connectivity index (χ1v) is 12.0. The van der Waals surface area contributed by atoms with Crippen molar-refractivity contribution in [1.82, 2.24) is 10.2 Å². The molecule has 0 bridgehead atoms. The second-order valence-corrected chi connectivity index (χ2v) is 8.13. The number of halogens is 1. The van der Waals surface area contributed by atoms with Crippen molar-refractivity contribution in [2.75, 3.05) is 19.8 Å². The summed E-state index contributed by atoms with van der Waals surface area (Å²) >= 11 is 6.34. The number of amides is 2. The number of nitrogens with zero attached hydrogens (tertiary/aromatic N) is 1. The second kappa shape index (κ2) is 13.7.